The minimum Gasteiger partial charge on any atom is -0.325 e. The molecule has 1 aliphatic heterocycles. The highest BCUT2D eigenvalue weighted by Gasteiger charge is 2.34. The monoisotopic (exact) mass is 257 g/mol. The largest absolute Gasteiger partial charge is 0.325 e. The van der Waals surface area contributed by atoms with Crippen molar-refractivity contribution in [3.8, 4) is 0 Å². The summed E-state index contributed by atoms with van der Waals surface area (Å²) in [6, 6.07) is 19.6. The molecule has 0 spiro atoms. The molecular formula is C14H12NO2P. The van der Waals surface area contributed by atoms with E-state index in [9.17, 15) is 4.79 Å². The van der Waals surface area contributed by atoms with Crippen molar-refractivity contribution in [2.45, 2.75) is 0 Å². The zero-order chi connectivity index (χ0) is 12.4. The molecule has 3 nitrogen and oxygen atoms in total. The first kappa shape index (κ1) is 11.4. The van der Waals surface area contributed by atoms with Crippen LogP contribution in [0.3, 0.4) is 0 Å². The van der Waals surface area contributed by atoms with Gasteiger partial charge < -0.3 is 4.52 Å². The van der Waals surface area contributed by atoms with Crippen LogP contribution in [-0.2, 0) is 9.32 Å². The molecule has 1 aliphatic rings. The fourth-order valence-corrected chi connectivity index (χ4v) is 3.66. The molecule has 2 aromatic carbocycles. The van der Waals surface area contributed by atoms with Crippen molar-refractivity contribution in [1.29, 1.82) is 0 Å². The van der Waals surface area contributed by atoms with E-state index in [1.54, 1.807) is 4.67 Å². The molecule has 4 heteroatoms. The first-order valence-electron chi connectivity index (χ1n) is 5.72. The Morgan fingerprint density at radius 2 is 1.56 bits per heavy atom. The maximum atomic E-state index is 12.0. The number of para-hydroxylation sites is 1. The second-order valence-electron chi connectivity index (χ2n) is 3.92. The summed E-state index contributed by atoms with van der Waals surface area (Å²) in [5.41, 5.74) is 0.898. The normalized spacial score (nSPS) is 19.2. The Kier molecular flexibility index (Phi) is 3.09. The van der Waals surface area contributed by atoms with Gasteiger partial charge in [-0.05, 0) is 12.1 Å². The predicted octanol–water partition coefficient (Wildman–Crippen LogP) is 2.69. The molecule has 90 valence electrons. The van der Waals surface area contributed by atoms with Crippen molar-refractivity contribution in [2.24, 2.45) is 0 Å². The smallest absolute Gasteiger partial charge is 0.258 e. The van der Waals surface area contributed by atoms with Crippen molar-refractivity contribution < 1.29 is 9.32 Å². The first-order chi connectivity index (χ1) is 8.86. The lowest BCUT2D eigenvalue weighted by atomic mass is 10.3. The molecule has 1 heterocycles. The lowest BCUT2D eigenvalue weighted by Gasteiger charge is -2.22. The van der Waals surface area contributed by atoms with Crippen LogP contribution in [0, 0.1) is 0 Å². The van der Waals surface area contributed by atoms with Gasteiger partial charge in [0.15, 0.2) is 8.30 Å². The van der Waals surface area contributed by atoms with Crippen LogP contribution in [0.4, 0.5) is 5.69 Å². The zero-order valence-electron chi connectivity index (χ0n) is 9.69. The molecule has 0 aromatic heterocycles. The van der Waals surface area contributed by atoms with E-state index in [0.29, 0.717) is 0 Å². The van der Waals surface area contributed by atoms with Crippen molar-refractivity contribution >= 4 is 25.2 Å². The fourth-order valence-electron chi connectivity index (χ4n) is 1.90. The fraction of sp³-hybridized carbons (Fsp3) is 0.0714. The summed E-state index contributed by atoms with van der Waals surface area (Å²) in [5, 5.41) is 1.06. The van der Waals surface area contributed by atoms with Crippen LogP contribution in [-0.4, -0.2) is 12.5 Å². The molecular weight excluding hydrogens is 245 g/mol. The SMILES string of the molecule is O=C1COP(c2ccccc2)N1c1ccccc1. The molecule has 0 N–H and O–H groups in total. The predicted molar refractivity (Wildman–Crippen MR) is 72.9 cm³/mol. The van der Waals surface area contributed by atoms with Gasteiger partial charge in [0.2, 0.25) is 0 Å². The van der Waals surface area contributed by atoms with Crippen LogP contribution < -0.4 is 9.97 Å². The van der Waals surface area contributed by atoms with Gasteiger partial charge in [0.05, 0.1) is 0 Å². The lowest BCUT2D eigenvalue weighted by molar-refractivity contribution is -0.117. The molecule has 3 rings (SSSR count). The van der Waals surface area contributed by atoms with Crippen LogP contribution in [0.15, 0.2) is 60.7 Å². The summed E-state index contributed by atoms with van der Waals surface area (Å²) in [6.45, 7) is 0.162. The Labute approximate surface area is 107 Å². The van der Waals surface area contributed by atoms with Gasteiger partial charge in [0.25, 0.3) is 5.91 Å². The third-order valence-corrected chi connectivity index (χ3v) is 4.64. The highest BCUT2D eigenvalue weighted by Crippen LogP contribution is 2.47. The highest BCUT2D eigenvalue weighted by molar-refractivity contribution is 7.64. The molecule has 0 aliphatic carbocycles. The summed E-state index contributed by atoms with van der Waals surface area (Å²) in [4.78, 5) is 12.0. The summed E-state index contributed by atoms with van der Waals surface area (Å²) in [5.74, 6) is 0.0242. The Bertz CT molecular complexity index is 544. The second-order valence-corrected chi connectivity index (χ2v) is 5.64. The van der Waals surface area contributed by atoms with E-state index in [4.69, 9.17) is 4.52 Å². The van der Waals surface area contributed by atoms with Crippen LogP contribution in [0.25, 0.3) is 0 Å². The average Bonchev–Trinajstić information content (AvgIpc) is 2.83. The second kappa shape index (κ2) is 4.89. The minimum absolute atomic E-state index is 0.0242. The Hall–Kier alpha value is -1.70. The number of anilines is 1. The standard InChI is InChI=1S/C14H12NO2P/c16-14-11-17-18(13-9-5-2-6-10-13)15(14)12-7-3-1-4-8-12/h1-10H,11H2. The third-order valence-electron chi connectivity index (χ3n) is 2.71. The van der Waals surface area contributed by atoms with E-state index in [2.05, 4.69) is 0 Å². The van der Waals surface area contributed by atoms with E-state index >= 15 is 0 Å². The molecule has 0 saturated carbocycles. The quantitative estimate of drug-likeness (QED) is 0.774. The van der Waals surface area contributed by atoms with Crippen LogP contribution in [0.5, 0.6) is 0 Å². The molecule has 1 atom stereocenters. The maximum absolute atomic E-state index is 12.0. The summed E-state index contributed by atoms with van der Waals surface area (Å²) in [6.07, 6.45) is 0. The summed E-state index contributed by atoms with van der Waals surface area (Å²) in [7, 11) is -1.04. The van der Waals surface area contributed by atoms with Gasteiger partial charge in [0.1, 0.15) is 6.61 Å². The number of hydrogen-bond acceptors (Lipinski definition) is 2. The number of carbonyl (C=O) groups excluding carboxylic acids is 1. The van der Waals surface area contributed by atoms with Gasteiger partial charge in [-0.2, -0.15) is 0 Å². The van der Waals surface area contributed by atoms with E-state index in [-0.39, 0.29) is 12.5 Å². The Balaban J connectivity index is 1.98. The number of benzene rings is 2. The molecule has 1 unspecified atom stereocenters. The van der Waals surface area contributed by atoms with E-state index in [1.807, 2.05) is 60.7 Å². The van der Waals surface area contributed by atoms with Crippen molar-refractivity contribution in [2.75, 3.05) is 11.3 Å². The molecule has 1 amide bonds. The van der Waals surface area contributed by atoms with Crippen molar-refractivity contribution in [3.05, 3.63) is 60.7 Å². The third kappa shape index (κ3) is 2.03. The Morgan fingerprint density at radius 3 is 2.22 bits per heavy atom. The highest BCUT2D eigenvalue weighted by atomic mass is 31.2. The topological polar surface area (TPSA) is 29.5 Å². The summed E-state index contributed by atoms with van der Waals surface area (Å²) >= 11 is 0. The Morgan fingerprint density at radius 1 is 0.944 bits per heavy atom. The first-order valence-corrected chi connectivity index (χ1v) is 6.93. The molecule has 2 aromatic rings. The summed E-state index contributed by atoms with van der Waals surface area (Å²) < 4.78 is 7.43. The number of carbonyl (C=O) groups is 1. The van der Waals surface area contributed by atoms with Gasteiger partial charge >= 0.3 is 0 Å². The molecule has 0 radical (unpaired) electrons. The zero-order valence-corrected chi connectivity index (χ0v) is 10.6. The molecule has 1 saturated heterocycles. The van der Waals surface area contributed by atoms with Crippen LogP contribution >= 0.6 is 8.30 Å². The van der Waals surface area contributed by atoms with Gasteiger partial charge in [-0.15, -0.1) is 0 Å². The van der Waals surface area contributed by atoms with Crippen molar-refractivity contribution in [3.63, 3.8) is 0 Å². The van der Waals surface area contributed by atoms with Gasteiger partial charge in [0, 0.05) is 11.0 Å². The lowest BCUT2D eigenvalue weighted by Crippen LogP contribution is -2.23. The van der Waals surface area contributed by atoms with Crippen molar-refractivity contribution in [1.82, 2.24) is 0 Å². The van der Waals surface area contributed by atoms with E-state index in [1.165, 1.54) is 0 Å². The van der Waals surface area contributed by atoms with E-state index < -0.39 is 8.30 Å². The maximum Gasteiger partial charge on any atom is 0.258 e. The number of hydrogen-bond donors (Lipinski definition) is 0. The van der Waals surface area contributed by atoms with E-state index in [0.717, 1.165) is 11.0 Å². The molecule has 0 bridgehead atoms. The number of amides is 1. The molecule has 1 fully saturated rings. The van der Waals surface area contributed by atoms with Gasteiger partial charge in [-0.3, -0.25) is 9.46 Å². The van der Waals surface area contributed by atoms with Gasteiger partial charge in [-0.25, -0.2) is 0 Å². The average molecular weight is 257 g/mol. The number of rotatable bonds is 2. The van der Waals surface area contributed by atoms with Gasteiger partial charge in [-0.1, -0.05) is 48.5 Å². The minimum atomic E-state index is -1.04. The van der Waals surface area contributed by atoms with Crippen LogP contribution in [0.1, 0.15) is 0 Å². The van der Waals surface area contributed by atoms with Crippen LogP contribution in [0.2, 0.25) is 0 Å². The number of nitrogens with zero attached hydrogens (tertiary/aromatic N) is 1. The molecule has 18 heavy (non-hydrogen) atoms.